The molecule has 0 saturated carbocycles. The van der Waals surface area contributed by atoms with Gasteiger partial charge >= 0.3 is 12.0 Å². The number of anilines is 2. The molecule has 1 aromatic carbocycles. The van der Waals surface area contributed by atoms with E-state index >= 15 is 0 Å². The first-order chi connectivity index (χ1) is 13.0. The van der Waals surface area contributed by atoms with E-state index in [9.17, 15) is 26.8 Å². The van der Waals surface area contributed by atoms with Crippen LogP contribution in [0.15, 0.2) is 27.6 Å². The fourth-order valence-electron chi connectivity index (χ4n) is 1.73. The first-order valence-corrected chi connectivity index (χ1v) is 9.22. The van der Waals surface area contributed by atoms with E-state index in [0.717, 1.165) is 5.51 Å². The Balaban J connectivity index is 2.29. The van der Waals surface area contributed by atoms with E-state index in [2.05, 4.69) is 10.1 Å². The summed E-state index contributed by atoms with van der Waals surface area (Å²) in [5.74, 6) is -4.87. The van der Waals surface area contributed by atoms with E-state index in [1.54, 1.807) is 10.7 Å². The number of hydrogen-bond donors (Lipinski definition) is 6. The van der Waals surface area contributed by atoms with Gasteiger partial charge in [0, 0.05) is 0 Å². The van der Waals surface area contributed by atoms with Gasteiger partial charge in [-0.2, -0.15) is 0 Å². The molecule has 0 aliphatic rings. The van der Waals surface area contributed by atoms with Gasteiger partial charge in [0.05, 0.1) is 10.4 Å². The predicted octanol–water partition coefficient (Wildman–Crippen LogP) is 0.230. The summed E-state index contributed by atoms with van der Waals surface area (Å²) in [5.41, 5.74) is 11.2. The minimum Gasteiger partial charge on any atom is -0.476 e. The van der Waals surface area contributed by atoms with Crippen molar-refractivity contribution in [3.63, 3.8) is 0 Å². The Hall–Kier alpha value is -3.53. The molecule has 28 heavy (non-hydrogen) atoms. The number of thiazole rings is 1. The number of nitrogens with one attached hydrogen (secondary N) is 3. The number of hydrazone groups is 1. The van der Waals surface area contributed by atoms with Crippen molar-refractivity contribution in [2.24, 2.45) is 16.6 Å². The van der Waals surface area contributed by atoms with Gasteiger partial charge in [-0.05, 0) is 12.1 Å². The number of aromatic carboxylic acids is 1. The van der Waals surface area contributed by atoms with Gasteiger partial charge in [0.1, 0.15) is 10.7 Å². The zero-order valence-electron chi connectivity index (χ0n) is 13.4. The zero-order valence-corrected chi connectivity index (χ0v) is 15.1. The van der Waals surface area contributed by atoms with Crippen LogP contribution in [0.4, 0.5) is 24.3 Å². The number of benzene rings is 1. The van der Waals surface area contributed by atoms with Crippen molar-refractivity contribution in [2.75, 3.05) is 10.0 Å². The van der Waals surface area contributed by atoms with Gasteiger partial charge in [0.2, 0.25) is 5.96 Å². The normalized spacial score (nSPS) is 10.8. The van der Waals surface area contributed by atoms with E-state index in [1.165, 1.54) is 0 Å². The van der Waals surface area contributed by atoms with Crippen molar-refractivity contribution in [1.29, 1.82) is 0 Å². The second-order valence-corrected chi connectivity index (χ2v) is 7.34. The molecule has 0 unspecified atom stereocenters. The van der Waals surface area contributed by atoms with Crippen molar-refractivity contribution >= 4 is 50.0 Å². The molecule has 2 amide bonds. The quantitative estimate of drug-likeness (QED) is 0.210. The van der Waals surface area contributed by atoms with Crippen LogP contribution < -0.4 is 26.9 Å². The Bertz CT molecular complexity index is 1040. The zero-order chi connectivity index (χ0) is 21.1. The van der Waals surface area contributed by atoms with Gasteiger partial charge in [-0.1, -0.05) is 0 Å². The summed E-state index contributed by atoms with van der Waals surface area (Å²) < 4.78 is 54.7. The van der Waals surface area contributed by atoms with Gasteiger partial charge < -0.3 is 21.9 Å². The first-order valence-electron chi connectivity index (χ1n) is 6.85. The summed E-state index contributed by atoms with van der Waals surface area (Å²) in [4.78, 5) is 25.0. The number of halogens is 2. The van der Waals surface area contributed by atoms with Gasteiger partial charge in [-0.25, -0.2) is 37.2 Å². The highest BCUT2D eigenvalue weighted by Crippen LogP contribution is 2.27. The molecular weight excluding hydrogens is 424 g/mol. The van der Waals surface area contributed by atoms with Crippen LogP contribution in [0.25, 0.3) is 0 Å². The molecule has 16 heteroatoms. The van der Waals surface area contributed by atoms with Crippen LogP contribution in [0.2, 0.25) is 0 Å². The first kappa shape index (κ1) is 20.8. The lowest BCUT2D eigenvalue weighted by Crippen LogP contribution is -2.31. The Morgan fingerprint density at radius 3 is 2.36 bits per heavy atom. The Morgan fingerprint density at radius 1 is 1.21 bits per heavy atom. The number of carboxylic acid groups (broad SMARTS) is 1. The van der Waals surface area contributed by atoms with Crippen LogP contribution in [0.5, 0.6) is 0 Å². The molecule has 12 nitrogen and oxygen atoms in total. The maximum absolute atomic E-state index is 14.1. The molecule has 1 aromatic heterocycles. The van der Waals surface area contributed by atoms with E-state index in [1.807, 2.05) is 4.72 Å². The fourth-order valence-corrected chi connectivity index (χ4v) is 3.75. The lowest BCUT2D eigenvalue weighted by Gasteiger charge is -2.11. The highest BCUT2D eigenvalue weighted by Gasteiger charge is 2.24. The maximum Gasteiger partial charge on any atom is 0.357 e. The number of aromatic nitrogens is 1. The summed E-state index contributed by atoms with van der Waals surface area (Å²) in [5, 5.41) is 13.4. The molecule has 0 saturated heterocycles. The number of carbonyl (C=O) groups excluding carboxylic acids is 1. The number of nitrogens with zero attached hydrogens (tertiary/aromatic N) is 2. The SMILES string of the molecule is NC(N)=NNC(=O)Nc1c(F)cc(S(=O)(=O)Nc2scnc2C(=O)O)cc1F. The molecule has 1 heterocycles. The molecule has 8 N–H and O–H groups in total. The standard InChI is InChI=1S/C12H11F2N7O5S2/c13-5-1-4(2-6(14)7(5)18-12(24)20-19-11(15)16)28(25,26)21-9-8(10(22)23)17-3-27-9/h1-3,21H,(H,22,23)(H4,15,16,19)(H2,18,20,24). The highest BCUT2D eigenvalue weighted by molar-refractivity contribution is 7.93. The number of amides is 2. The summed E-state index contributed by atoms with van der Waals surface area (Å²) in [6, 6.07) is -0.359. The second kappa shape index (κ2) is 8.01. The Kier molecular flexibility index (Phi) is 5.94. The number of guanidine groups is 1. The van der Waals surface area contributed by atoms with Crippen molar-refractivity contribution < 1.29 is 31.9 Å². The highest BCUT2D eigenvalue weighted by atomic mass is 32.2. The third-order valence-electron chi connectivity index (χ3n) is 2.85. The van der Waals surface area contributed by atoms with E-state index < -0.39 is 55.9 Å². The van der Waals surface area contributed by atoms with E-state index in [0.29, 0.717) is 23.5 Å². The molecule has 0 aliphatic heterocycles. The van der Waals surface area contributed by atoms with Crippen LogP contribution in [0.1, 0.15) is 10.5 Å². The van der Waals surface area contributed by atoms with E-state index in [-0.39, 0.29) is 5.00 Å². The number of rotatable bonds is 6. The number of urea groups is 1. The minimum atomic E-state index is -4.56. The number of hydrogen-bond acceptors (Lipinski definition) is 7. The molecule has 0 radical (unpaired) electrons. The van der Waals surface area contributed by atoms with Gasteiger partial charge in [-0.15, -0.1) is 16.4 Å². The molecule has 2 rings (SSSR count). The monoisotopic (exact) mass is 435 g/mol. The number of carboxylic acids is 1. The molecule has 0 atom stereocenters. The van der Waals surface area contributed by atoms with Gasteiger partial charge in [-0.3, -0.25) is 4.72 Å². The van der Waals surface area contributed by atoms with Gasteiger partial charge in [0.25, 0.3) is 10.0 Å². The number of nitrogens with two attached hydrogens (primary N) is 2. The molecule has 150 valence electrons. The van der Waals surface area contributed by atoms with Crippen molar-refractivity contribution in [2.45, 2.75) is 4.90 Å². The average Bonchev–Trinajstić information content (AvgIpc) is 3.03. The summed E-state index contributed by atoms with van der Waals surface area (Å²) >= 11 is 0.659. The van der Waals surface area contributed by atoms with Crippen LogP contribution in [-0.2, 0) is 10.0 Å². The minimum absolute atomic E-state index is 0.355. The van der Waals surface area contributed by atoms with Gasteiger partial charge in [0.15, 0.2) is 17.3 Å². The lowest BCUT2D eigenvalue weighted by molar-refractivity contribution is 0.0692. The summed E-state index contributed by atoms with van der Waals surface area (Å²) in [7, 11) is -4.56. The number of sulfonamides is 1. The average molecular weight is 435 g/mol. The molecule has 0 aliphatic carbocycles. The smallest absolute Gasteiger partial charge is 0.357 e. The van der Waals surface area contributed by atoms with Crippen molar-refractivity contribution in [3.8, 4) is 0 Å². The molecule has 0 spiro atoms. The molecule has 2 aromatic rings. The topological polar surface area (TPSA) is 202 Å². The fraction of sp³-hybridized carbons (Fsp3) is 0. The third-order valence-corrected chi connectivity index (χ3v) is 5.05. The summed E-state index contributed by atoms with van der Waals surface area (Å²) in [6.45, 7) is 0. The predicted molar refractivity (Wildman–Crippen MR) is 94.2 cm³/mol. The summed E-state index contributed by atoms with van der Waals surface area (Å²) in [6.07, 6.45) is 0. The van der Waals surface area contributed by atoms with Crippen LogP contribution in [-0.4, -0.2) is 36.5 Å². The van der Waals surface area contributed by atoms with Crippen molar-refractivity contribution in [3.05, 3.63) is 35.0 Å². The second-order valence-electron chi connectivity index (χ2n) is 4.81. The molecule has 0 bridgehead atoms. The molecule has 0 fully saturated rings. The Labute approximate surface area is 159 Å². The Morgan fingerprint density at radius 2 is 1.82 bits per heavy atom. The van der Waals surface area contributed by atoms with Crippen LogP contribution >= 0.6 is 11.3 Å². The van der Waals surface area contributed by atoms with Crippen LogP contribution in [0.3, 0.4) is 0 Å². The third kappa shape index (κ3) is 4.80. The van der Waals surface area contributed by atoms with Crippen LogP contribution in [0, 0.1) is 11.6 Å². The largest absolute Gasteiger partial charge is 0.476 e. The lowest BCUT2D eigenvalue weighted by atomic mass is 10.3. The molecular formula is C12H11F2N7O5S2. The number of carbonyl (C=O) groups is 2. The van der Waals surface area contributed by atoms with E-state index in [4.69, 9.17) is 16.6 Å². The van der Waals surface area contributed by atoms with Crippen molar-refractivity contribution in [1.82, 2.24) is 10.4 Å². The maximum atomic E-state index is 14.1.